The fraction of sp³-hybridized carbons (Fsp3) is 0.188. The van der Waals surface area contributed by atoms with Gasteiger partial charge in [-0.3, -0.25) is 4.79 Å². The molecule has 0 heterocycles. The standard InChI is InChI=1S/C16H14BrNO/c1-4-16(2,3)18-15(19)13-6-5-12-10-14(17)8-7-11(12)9-13/h1,5-10H,2-3H3,(H,18,19). The highest BCUT2D eigenvalue weighted by Gasteiger charge is 2.18. The normalized spacial score (nSPS) is 11.1. The van der Waals surface area contributed by atoms with Crippen LogP contribution in [0.5, 0.6) is 0 Å². The van der Waals surface area contributed by atoms with Crippen molar-refractivity contribution in [1.82, 2.24) is 5.32 Å². The van der Waals surface area contributed by atoms with Gasteiger partial charge in [-0.2, -0.15) is 0 Å². The fourth-order valence-electron chi connectivity index (χ4n) is 1.75. The molecule has 0 saturated heterocycles. The van der Waals surface area contributed by atoms with Crippen LogP contribution < -0.4 is 5.32 Å². The molecular weight excluding hydrogens is 302 g/mol. The number of terminal acetylenes is 1. The second kappa shape index (κ2) is 5.07. The Hall–Kier alpha value is -1.79. The molecule has 2 nitrogen and oxygen atoms in total. The van der Waals surface area contributed by atoms with Crippen LogP contribution >= 0.6 is 15.9 Å². The number of fused-ring (bicyclic) bond motifs is 1. The maximum absolute atomic E-state index is 12.1. The van der Waals surface area contributed by atoms with Crippen LogP contribution in [-0.4, -0.2) is 11.4 Å². The lowest BCUT2D eigenvalue weighted by Gasteiger charge is -2.19. The molecular formula is C16H14BrNO. The molecule has 2 rings (SSSR count). The van der Waals surface area contributed by atoms with E-state index in [0.717, 1.165) is 15.2 Å². The average molecular weight is 316 g/mol. The summed E-state index contributed by atoms with van der Waals surface area (Å²) in [6.45, 7) is 3.59. The lowest BCUT2D eigenvalue weighted by atomic mass is 10.0. The molecule has 96 valence electrons. The van der Waals surface area contributed by atoms with Crippen LogP contribution in [-0.2, 0) is 0 Å². The minimum atomic E-state index is -0.647. The summed E-state index contributed by atoms with van der Waals surface area (Å²) in [7, 11) is 0. The first-order valence-corrected chi connectivity index (χ1v) is 6.70. The van der Waals surface area contributed by atoms with Crippen LogP contribution in [0.4, 0.5) is 0 Å². The number of rotatable bonds is 2. The Kier molecular flexibility index (Phi) is 3.64. The number of halogens is 1. The summed E-state index contributed by atoms with van der Waals surface area (Å²) >= 11 is 3.43. The minimum Gasteiger partial charge on any atom is -0.336 e. The summed E-state index contributed by atoms with van der Waals surface area (Å²) in [5.41, 5.74) is -0.0377. The molecule has 0 atom stereocenters. The van der Waals surface area contributed by atoms with E-state index in [0.29, 0.717) is 5.56 Å². The zero-order chi connectivity index (χ0) is 14.0. The Bertz CT molecular complexity index is 683. The molecule has 0 bridgehead atoms. The zero-order valence-corrected chi connectivity index (χ0v) is 12.4. The molecule has 0 aliphatic carbocycles. The maximum Gasteiger partial charge on any atom is 0.252 e. The molecule has 0 aliphatic heterocycles. The number of nitrogens with one attached hydrogen (secondary N) is 1. The van der Waals surface area contributed by atoms with Gasteiger partial charge in [-0.1, -0.05) is 34.0 Å². The molecule has 0 saturated carbocycles. The van der Waals surface area contributed by atoms with Crippen molar-refractivity contribution in [1.29, 1.82) is 0 Å². The van der Waals surface area contributed by atoms with Crippen LogP contribution in [0.3, 0.4) is 0 Å². The van der Waals surface area contributed by atoms with E-state index >= 15 is 0 Å². The predicted octanol–water partition coefficient (Wildman–Crippen LogP) is 3.74. The van der Waals surface area contributed by atoms with Gasteiger partial charge in [0.25, 0.3) is 5.91 Å². The van der Waals surface area contributed by atoms with Crippen molar-refractivity contribution in [3.05, 3.63) is 46.4 Å². The van der Waals surface area contributed by atoms with E-state index in [1.807, 2.05) is 30.3 Å². The van der Waals surface area contributed by atoms with Crippen LogP contribution in [0.1, 0.15) is 24.2 Å². The number of hydrogen-bond donors (Lipinski definition) is 1. The van der Waals surface area contributed by atoms with Crippen molar-refractivity contribution in [2.24, 2.45) is 0 Å². The van der Waals surface area contributed by atoms with Crippen molar-refractivity contribution in [2.45, 2.75) is 19.4 Å². The molecule has 0 aliphatic rings. The van der Waals surface area contributed by atoms with Gasteiger partial charge >= 0.3 is 0 Å². The van der Waals surface area contributed by atoms with Gasteiger partial charge in [0.15, 0.2) is 0 Å². The predicted molar refractivity (Wildman–Crippen MR) is 82.0 cm³/mol. The highest BCUT2D eigenvalue weighted by molar-refractivity contribution is 9.10. The van der Waals surface area contributed by atoms with Crippen LogP contribution in [0.2, 0.25) is 0 Å². The Morgan fingerprint density at radius 3 is 2.53 bits per heavy atom. The first-order valence-electron chi connectivity index (χ1n) is 5.91. The lowest BCUT2D eigenvalue weighted by Crippen LogP contribution is -2.42. The molecule has 0 unspecified atom stereocenters. The van der Waals surface area contributed by atoms with Gasteiger partial charge in [-0.15, -0.1) is 6.42 Å². The lowest BCUT2D eigenvalue weighted by molar-refractivity contribution is 0.0930. The van der Waals surface area contributed by atoms with Gasteiger partial charge in [0.2, 0.25) is 0 Å². The van der Waals surface area contributed by atoms with E-state index in [9.17, 15) is 4.79 Å². The van der Waals surface area contributed by atoms with Crippen molar-refractivity contribution in [3.8, 4) is 12.3 Å². The van der Waals surface area contributed by atoms with Gasteiger partial charge in [-0.25, -0.2) is 0 Å². The number of hydrogen-bond acceptors (Lipinski definition) is 1. The summed E-state index contributed by atoms with van der Waals surface area (Å²) in [5.74, 6) is 2.39. The SMILES string of the molecule is C#CC(C)(C)NC(=O)c1ccc2cc(Br)ccc2c1. The number of benzene rings is 2. The van der Waals surface area contributed by atoms with Crippen LogP contribution in [0.15, 0.2) is 40.9 Å². The minimum absolute atomic E-state index is 0.159. The Morgan fingerprint density at radius 2 is 1.84 bits per heavy atom. The highest BCUT2D eigenvalue weighted by atomic mass is 79.9. The van der Waals surface area contributed by atoms with Crippen LogP contribution in [0, 0.1) is 12.3 Å². The highest BCUT2D eigenvalue weighted by Crippen LogP contribution is 2.21. The summed E-state index contributed by atoms with van der Waals surface area (Å²) < 4.78 is 1.02. The monoisotopic (exact) mass is 315 g/mol. The van der Waals surface area contributed by atoms with E-state index < -0.39 is 5.54 Å². The van der Waals surface area contributed by atoms with Gasteiger partial charge in [-0.05, 0) is 48.9 Å². The van der Waals surface area contributed by atoms with E-state index in [4.69, 9.17) is 6.42 Å². The van der Waals surface area contributed by atoms with Crippen molar-refractivity contribution in [2.75, 3.05) is 0 Å². The molecule has 0 fully saturated rings. The summed E-state index contributed by atoms with van der Waals surface area (Å²) in [6, 6.07) is 11.5. The van der Waals surface area contributed by atoms with Gasteiger partial charge in [0.05, 0.1) is 5.54 Å². The van der Waals surface area contributed by atoms with E-state index in [2.05, 4.69) is 27.2 Å². The average Bonchev–Trinajstić information content (AvgIpc) is 2.37. The molecule has 1 N–H and O–H groups in total. The van der Waals surface area contributed by atoms with Gasteiger partial charge < -0.3 is 5.32 Å². The van der Waals surface area contributed by atoms with Gasteiger partial charge in [0.1, 0.15) is 0 Å². The van der Waals surface area contributed by atoms with E-state index in [1.54, 1.807) is 19.9 Å². The molecule has 3 heteroatoms. The quantitative estimate of drug-likeness (QED) is 0.840. The van der Waals surface area contributed by atoms with Crippen LogP contribution in [0.25, 0.3) is 10.8 Å². The number of amides is 1. The summed E-state index contributed by atoms with van der Waals surface area (Å²) in [4.78, 5) is 12.1. The first kappa shape index (κ1) is 13.6. The van der Waals surface area contributed by atoms with Crippen molar-refractivity contribution >= 4 is 32.6 Å². The summed E-state index contributed by atoms with van der Waals surface area (Å²) in [5, 5.41) is 4.92. The molecule has 0 radical (unpaired) electrons. The number of carbonyl (C=O) groups excluding carboxylic acids is 1. The maximum atomic E-state index is 12.1. The Morgan fingerprint density at radius 1 is 1.21 bits per heavy atom. The largest absolute Gasteiger partial charge is 0.336 e. The molecule has 2 aromatic carbocycles. The molecule has 0 spiro atoms. The second-order valence-corrected chi connectivity index (χ2v) is 5.85. The van der Waals surface area contributed by atoms with Gasteiger partial charge in [0, 0.05) is 10.0 Å². The fourth-order valence-corrected chi connectivity index (χ4v) is 2.13. The first-order chi connectivity index (χ1) is 8.91. The molecule has 19 heavy (non-hydrogen) atoms. The van der Waals surface area contributed by atoms with Crippen molar-refractivity contribution < 1.29 is 4.79 Å². The smallest absolute Gasteiger partial charge is 0.252 e. The zero-order valence-electron chi connectivity index (χ0n) is 10.8. The third-order valence-electron chi connectivity index (χ3n) is 2.85. The Balaban J connectivity index is 2.34. The number of carbonyl (C=O) groups is 1. The van der Waals surface area contributed by atoms with E-state index in [-0.39, 0.29) is 5.91 Å². The second-order valence-electron chi connectivity index (χ2n) is 4.93. The third kappa shape index (κ3) is 3.15. The molecule has 0 aromatic heterocycles. The third-order valence-corrected chi connectivity index (χ3v) is 3.34. The van der Waals surface area contributed by atoms with E-state index in [1.165, 1.54) is 0 Å². The van der Waals surface area contributed by atoms with Crippen molar-refractivity contribution in [3.63, 3.8) is 0 Å². The Labute approximate surface area is 121 Å². The summed E-state index contributed by atoms with van der Waals surface area (Å²) in [6.07, 6.45) is 5.37. The topological polar surface area (TPSA) is 29.1 Å². The molecule has 1 amide bonds. The molecule has 2 aromatic rings.